The number of benzene rings is 2. The summed E-state index contributed by atoms with van der Waals surface area (Å²) in [5, 5.41) is 3.51. The Kier molecular flexibility index (Phi) is 9.73. The zero-order chi connectivity index (χ0) is 22.1. The Balaban J connectivity index is 2.07. The second-order valence-electron chi connectivity index (χ2n) is 7.61. The minimum absolute atomic E-state index is 0.0523. The first-order valence-corrected chi connectivity index (χ1v) is 11.8. The Labute approximate surface area is 189 Å². The van der Waals surface area contributed by atoms with Crippen molar-refractivity contribution in [2.75, 3.05) is 12.3 Å². The molecule has 0 spiro atoms. The van der Waals surface area contributed by atoms with Crippen molar-refractivity contribution < 1.29 is 9.59 Å². The molecule has 0 fully saturated rings. The molecule has 0 aliphatic carbocycles. The first kappa shape index (κ1) is 24.3. The molecule has 2 rings (SSSR count). The highest BCUT2D eigenvalue weighted by Crippen LogP contribution is 2.19. The number of rotatable bonds is 10. The largest absolute Gasteiger partial charge is 0.354 e. The third-order valence-corrected chi connectivity index (χ3v) is 5.96. The Morgan fingerprint density at radius 1 is 1.10 bits per heavy atom. The van der Waals surface area contributed by atoms with Crippen LogP contribution in [0.15, 0.2) is 42.5 Å². The van der Waals surface area contributed by atoms with E-state index >= 15 is 0 Å². The first-order valence-electron chi connectivity index (χ1n) is 10.3. The molecule has 0 radical (unpaired) electrons. The van der Waals surface area contributed by atoms with E-state index in [1.165, 1.54) is 16.7 Å². The molecule has 4 nitrogen and oxygen atoms in total. The fourth-order valence-corrected chi connectivity index (χ4v) is 4.36. The number of aryl methyl sites for hydroxylation is 2. The summed E-state index contributed by atoms with van der Waals surface area (Å²) < 4.78 is 0. The minimum Gasteiger partial charge on any atom is -0.354 e. The van der Waals surface area contributed by atoms with Crippen LogP contribution in [0, 0.1) is 13.8 Å². The number of carbonyl (C=O) groups excluding carboxylic acids is 2. The van der Waals surface area contributed by atoms with Crippen LogP contribution in [-0.2, 0) is 21.9 Å². The van der Waals surface area contributed by atoms with E-state index in [1.807, 2.05) is 25.1 Å². The Hall–Kier alpha value is -1.98. The molecule has 1 N–H and O–H groups in total. The number of amides is 2. The van der Waals surface area contributed by atoms with Gasteiger partial charge in [-0.1, -0.05) is 60.0 Å². The van der Waals surface area contributed by atoms with Gasteiger partial charge in [0.15, 0.2) is 0 Å². The summed E-state index contributed by atoms with van der Waals surface area (Å²) >= 11 is 7.68. The Bertz CT molecular complexity index is 852. The minimum atomic E-state index is -0.551. The number of nitrogens with zero attached hydrogens (tertiary/aromatic N) is 1. The molecule has 30 heavy (non-hydrogen) atoms. The highest BCUT2D eigenvalue weighted by atomic mass is 35.5. The third kappa shape index (κ3) is 7.69. The molecule has 0 bridgehead atoms. The fourth-order valence-electron chi connectivity index (χ4n) is 3.30. The van der Waals surface area contributed by atoms with Crippen LogP contribution in [0.4, 0.5) is 0 Å². The molecular formula is C24H31ClN2O2S. The molecule has 1 atom stereocenters. The molecular weight excluding hydrogens is 416 g/mol. The summed E-state index contributed by atoms with van der Waals surface area (Å²) in [6.07, 6.45) is 0.854. The van der Waals surface area contributed by atoms with E-state index in [0.717, 1.165) is 17.7 Å². The lowest BCUT2D eigenvalue weighted by molar-refractivity contribution is -0.138. The maximum atomic E-state index is 13.1. The summed E-state index contributed by atoms with van der Waals surface area (Å²) in [7, 11) is 0. The van der Waals surface area contributed by atoms with Crippen LogP contribution in [0.3, 0.4) is 0 Å². The van der Waals surface area contributed by atoms with Crippen molar-refractivity contribution >= 4 is 35.2 Å². The second-order valence-corrected chi connectivity index (χ2v) is 9.03. The average Bonchev–Trinajstić information content (AvgIpc) is 2.69. The molecule has 0 aliphatic rings. The molecule has 0 aliphatic heterocycles. The van der Waals surface area contributed by atoms with Gasteiger partial charge in [0.25, 0.3) is 0 Å². The Morgan fingerprint density at radius 2 is 1.80 bits per heavy atom. The van der Waals surface area contributed by atoms with Crippen LogP contribution in [0.25, 0.3) is 0 Å². The van der Waals surface area contributed by atoms with E-state index < -0.39 is 6.04 Å². The Morgan fingerprint density at radius 3 is 2.43 bits per heavy atom. The standard InChI is InChI=1S/C24H31ClN2O2S/c1-5-9-26-24(29)19(4)27(14-20-7-6-8-22(25)13-20)23(28)16-30-15-21-11-17(2)10-18(3)12-21/h6-8,10-13,19H,5,9,14-16H2,1-4H3,(H,26,29). The number of thioether (sulfide) groups is 1. The molecule has 2 aromatic carbocycles. The predicted octanol–water partition coefficient (Wildman–Crippen LogP) is 5.13. The molecule has 0 saturated heterocycles. The van der Waals surface area contributed by atoms with Crippen LogP contribution < -0.4 is 5.32 Å². The first-order chi connectivity index (χ1) is 14.3. The van der Waals surface area contributed by atoms with E-state index in [0.29, 0.717) is 23.9 Å². The zero-order valence-corrected chi connectivity index (χ0v) is 19.8. The van der Waals surface area contributed by atoms with Gasteiger partial charge in [-0.2, -0.15) is 0 Å². The van der Waals surface area contributed by atoms with Crippen molar-refractivity contribution in [3.05, 3.63) is 69.7 Å². The lowest BCUT2D eigenvalue weighted by atomic mass is 10.1. The number of carbonyl (C=O) groups is 2. The van der Waals surface area contributed by atoms with Crippen LogP contribution in [-0.4, -0.2) is 35.1 Å². The summed E-state index contributed by atoms with van der Waals surface area (Å²) in [6, 6.07) is 13.3. The van der Waals surface area contributed by atoms with E-state index in [-0.39, 0.29) is 11.8 Å². The van der Waals surface area contributed by atoms with Gasteiger partial charge in [-0.3, -0.25) is 9.59 Å². The van der Waals surface area contributed by atoms with Gasteiger partial charge in [0.1, 0.15) is 6.04 Å². The summed E-state index contributed by atoms with van der Waals surface area (Å²) in [4.78, 5) is 27.2. The summed E-state index contributed by atoms with van der Waals surface area (Å²) in [5.41, 5.74) is 4.56. The van der Waals surface area contributed by atoms with Crippen LogP contribution in [0.1, 0.15) is 42.5 Å². The summed E-state index contributed by atoms with van der Waals surface area (Å²) in [5.74, 6) is 0.893. The van der Waals surface area contributed by atoms with Gasteiger partial charge in [0.2, 0.25) is 11.8 Å². The number of nitrogens with one attached hydrogen (secondary N) is 1. The smallest absolute Gasteiger partial charge is 0.242 e. The second kappa shape index (κ2) is 12.0. The SMILES string of the molecule is CCCNC(=O)C(C)N(Cc1cccc(Cl)c1)C(=O)CSCc1cc(C)cc(C)c1. The highest BCUT2D eigenvalue weighted by Gasteiger charge is 2.25. The van der Waals surface area contributed by atoms with Gasteiger partial charge in [0, 0.05) is 23.9 Å². The van der Waals surface area contributed by atoms with Gasteiger partial charge in [-0.15, -0.1) is 11.8 Å². The van der Waals surface area contributed by atoms with Gasteiger partial charge in [0.05, 0.1) is 5.75 Å². The van der Waals surface area contributed by atoms with Crippen LogP contribution >= 0.6 is 23.4 Å². The van der Waals surface area contributed by atoms with E-state index in [9.17, 15) is 9.59 Å². The number of halogens is 1. The van der Waals surface area contributed by atoms with Crippen LogP contribution in [0.5, 0.6) is 0 Å². The summed E-state index contributed by atoms with van der Waals surface area (Å²) in [6.45, 7) is 8.89. The van der Waals surface area contributed by atoms with Gasteiger partial charge in [-0.25, -0.2) is 0 Å². The molecule has 1 unspecified atom stereocenters. The maximum absolute atomic E-state index is 13.1. The van der Waals surface area contributed by atoms with Crippen molar-refractivity contribution in [1.82, 2.24) is 10.2 Å². The molecule has 0 aromatic heterocycles. The van der Waals surface area contributed by atoms with Crippen LogP contribution in [0.2, 0.25) is 5.02 Å². The van der Waals surface area contributed by atoms with Crippen molar-refractivity contribution in [3.8, 4) is 0 Å². The predicted molar refractivity (Wildman–Crippen MR) is 127 cm³/mol. The highest BCUT2D eigenvalue weighted by molar-refractivity contribution is 7.99. The van der Waals surface area contributed by atoms with Gasteiger partial charge >= 0.3 is 0 Å². The van der Waals surface area contributed by atoms with Gasteiger partial charge in [-0.05, 0) is 50.5 Å². The monoisotopic (exact) mass is 446 g/mol. The topological polar surface area (TPSA) is 49.4 Å². The molecule has 0 heterocycles. The number of hydrogen-bond acceptors (Lipinski definition) is 3. The molecule has 162 valence electrons. The average molecular weight is 447 g/mol. The zero-order valence-electron chi connectivity index (χ0n) is 18.2. The molecule has 2 aromatic rings. The van der Waals surface area contributed by atoms with Crippen molar-refractivity contribution in [2.45, 2.75) is 52.5 Å². The van der Waals surface area contributed by atoms with Crippen molar-refractivity contribution in [3.63, 3.8) is 0 Å². The third-order valence-electron chi connectivity index (χ3n) is 4.73. The van der Waals surface area contributed by atoms with E-state index in [1.54, 1.807) is 29.7 Å². The maximum Gasteiger partial charge on any atom is 0.242 e. The lowest BCUT2D eigenvalue weighted by Gasteiger charge is -2.29. The number of hydrogen-bond donors (Lipinski definition) is 1. The van der Waals surface area contributed by atoms with Gasteiger partial charge < -0.3 is 10.2 Å². The normalized spacial score (nSPS) is 11.8. The molecule has 0 saturated carbocycles. The molecule has 6 heteroatoms. The lowest BCUT2D eigenvalue weighted by Crippen LogP contribution is -2.48. The fraction of sp³-hybridized carbons (Fsp3) is 0.417. The molecule has 2 amide bonds. The quantitative estimate of drug-likeness (QED) is 0.550. The van der Waals surface area contributed by atoms with Crippen molar-refractivity contribution in [1.29, 1.82) is 0 Å². The van der Waals surface area contributed by atoms with E-state index in [2.05, 4.69) is 37.4 Å². The van der Waals surface area contributed by atoms with E-state index in [4.69, 9.17) is 11.6 Å². The van der Waals surface area contributed by atoms with Crippen molar-refractivity contribution in [2.24, 2.45) is 0 Å².